The molecule has 0 aliphatic rings. The number of nitrogens with one attached hydrogen (secondary N) is 1. The summed E-state index contributed by atoms with van der Waals surface area (Å²) in [5.74, 6) is 0. The first-order valence-corrected chi connectivity index (χ1v) is 16.3. The Bertz CT molecular complexity index is 529. The molecule has 0 atom stereocenters. The Morgan fingerprint density at radius 2 is 1.21 bits per heavy atom. The molecule has 0 spiro atoms. The summed E-state index contributed by atoms with van der Waals surface area (Å²) in [5.41, 5.74) is 2.98. The van der Waals surface area contributed by atoms with Crippen LogP contribution in [0.1, 0.15) is 25.0 Å². The van der Waals surface area contributed by atoms with Crippen LogP contribution in [0.3, 0.4) is 0 Å². The van der Waals surface area contributed by atoms with Gasteiger partial charge in [0.05, 0.1) is 0 Å². The van der Waals surface area contributed by atoms with Crippen molar-refractivity contribution in [2.75, 3.05) is 25.4 Å². The van der Waals surface area contributed by atoms with Gasteiger partial charge in [-0.1, -0.05) is 0 Å². The van der Waals surface area contributed by atoms with Crippen molar-refractivity contribution in [3.05, 3.63) is 71.8 Å². The van der Waals surface area contributed by atoms with Crippen molar-refractivity contribution in [3.8, 4) is 0 Å². The van der Waals surface area contributed by atoms with E-state index in [4.69, 9.17) is 0 Å². The molecule has 2 aromatic carbocycles. The molecular weight excluding hydrogens is 443 g/mol. The molecule has 0 saturated heterocycles. The van der Waals surface area contributed by atoms with Crippen molar-refractivity contribution < 1.29 is 3.92 Å². The van der Waals surface area contributed by atoms with Gasteiger partial charge in [-0.3, -0.25) is 0 Å². The van der Waals surface area contributed by atoms with Crippen LogP contribution in [0.2, 0.25) is 0 Å². The van der Waals surface area contributed by atoms with Crippen molar-refractivity contribution >= 4 is 34.9 Å². The van der Waals surface area contributed by atoms with Crippen LogP contribution in [0.15, 0.2) is 60.7 Å². The van der Waals surface area contributed by atoms with E-state index in [0.717, 1.165) is 0 Å². The molecule has 0 heterocycles. The molecule has 0 fully saturated rings. The third kappa shape index (κ3) is 7.01. The van der Waals surface area contributed by atoms with Gasteiger partial charge in [-0.25, -0.2) is 0 Å². The Hall–Kier alpha value is -0.131. The third-order valence-electron chi connectivity index (χ3n) is 4.25. The topological polar surface area (TPSA) is 4.44 Å². The number of benzene rings is 2. The predicted molar refractivity (Wildman–Crippen MR) is 110 cm³/mol. The first-order valence-electron chi connectivity index (χ1n) is 8.85. The summed E-state index contributed by atoms with van der Waals surface area (Å²) in [6, 6.07) is 22.0. The van der Waals surface area contributed by atoms with Crippen molar-refractivity contribution in [3.63, 3.8) is 0 Å². The summed E-state index contributed by atoms with van der Waals surface area (Å²) in [4.78, 5) is 0. The van der Waals surface area contributed by atoms with Gasteiger partial charge < -0.3 is 0 Å². The SMILES string of the molecule is CC[NH+](CC)[Se][P+]([Se])(CCc1ccccc1)CCc1ccccc1. The van der Waals surface area contributed by atoms with Gasteiger partial charge in [0, 0.05) is 0 Å². The van der Waals surface area contributed by atoms with Gasteiger partial charge >= 0.3 is 163 Å². The van der Waals surface area contributed by atoms with E-state index in [2.05, 4.69) is 90.1 Å². The fourth-order valence-electron chi connectivity index (χ4n) is 2.71. The molecule has 0 aliphatic heterocycles. The van der Waals surface area contributed by atoms with Crippen LogP contribution in [0.5, 0.6) is 0 Å². The molecule has 1 N–H and O–H groups in total. The molecule has 0 aliphatic carbocycles. The second kappa shape index (κ2) is 10.8. The predicted octanol–water partition coefficient (Wildman–Crippen LogP) is 3.03. The van der Waals surface area contributed by atoms with Crippen LogP contribution >= 0.6 is 4.64 Å². The zero-order chi connectivity index (χ0) is 17.3. The van der Waals surface area contributed by atoms with Crippen molar-refractivity contribution in [1.82, 2.24) is 0 Å². The van der Waals surface area contributed by atoms with Gasteiger partial charge in [0.25, 0.3) is 0 Å². The van der Waals surface area contributed by atoms with E-state index in [-0.39, 0.29) is 0 Å². The van der Waals surface area contributed by atoms with Crippen molar-refractivity contribution in [2.45, 2.75) is 26.7 Å². The van der Waals surface area contributed by atoms with Crippen LogP contribution in [-0.2, 0) is 12.8 Å². The number of quaternary nitrogens is 1. The van der Waals surface area contributed by atoms with Gasteiger partial charge in [0.15, 0.2) is 0 Å². The molecular formula is C20H29NPSe2+2. The minimum atomic E-state index is -0.989. The standard InChI is InChI=1S/C20H28NPSe2/c1-3-21(4-2)24-22(23,17-15-19-11-7-5-8-12-19)18-16-20-13-9-6-10-14-20/h5-14H,3-4,15-18H2,1-2H3/q+1/p+1. The Labute approximate surface area is 162 Å². The molecule has 129 valence electrons. The van der Waals surface area contributed by atoms with Gasteiger partial charge in [-0.2, -0.15) is 0 Å². The van der Waals surface area contributed by atoms with E-state index in [9.17, 15) is 0 Å². The molecule has 24 heavy (non-hydrogen) atoms. The molecule has 2 aromatic rings. The van der Waals surface area contributed by atoms with E-state index >= 15 is 0 Å². The van der Waals surface area contributed by atoms with E-state index in [1.807, 2.05) is 0 Å². The van der Waals surface area contributed by atoms with Gasteiger partial charge in [-0.15, -0.1) is 0 Å². The van der Waals surface area contributed by atoms with Gasteiger partial charge in [-0.05, 0) is 0 Å². The van der Waals surface area contributed by atoms with Gasteiger partial charge in [0.2, 0.25) is 0 Å². The summed E-state index contributed by atoms with van der Waals surface area (Å²) < 4.78 is 0.813. The Kier molecular flexibility index (Phi) is 9.06. The summed E-state index contributed by atoms with van der Waals surface area (Å²) in [7, 11) is 0. The van der Waals surface area contributed by atoms with E-state index in [1.54, 1.807) is 3.92 Å². The average Bonchev–Trinajstić information content (AvgIpc) is 2.65. The summed E-state index contributed by atoms with van der Waals surface area (Å²) in [5, 5.41) is 0. The number of hydrogen-bond donors (Lipinski definition) is 1. The second-order valence-corrected chi connectivity index (χ2v) is 23.5. The summed E-state index contributed by atoms with van der Waals surface area (Å²) in [6.07, 6.45) is 5.15. The molecule has 0 unspecified atom stereocenters. The molecule has 0 amide bonds. The Balaban J connectivity index is 2.01. The summed E-state index contributed by atoms with van der Waals surface area (Å²) in [6.45, 7) is 7.19. The van der Waals surface area contributed by atoms with E-state index in [0.29, 0.717) is 14.7 Å². The number of aryl methyl sites for hydroxylation is 2. The van der Waals surface area contributed by atoms with Gasteiger partial charge in [0.1, 0.15) is 0 Å². The molecule has 0 saturated carbocycles. The number of rotatable bonds is 10. The average molecular weight is 472 g/mol. The monoisotopic (exact) mass is 474 g/mol. The molecule has 2 rings (SSSR count). The van der Waals surface area contributed by atoms with Crippen LogP contribution in [0, 0.1) is 0 Å². The molecule has 1 nitrogen and oxygen atoms in total. The molecule has 0 aromatic heterocycles. The number of hydrogen-bond acceptors (Lipinski definition) is 0. The Morgan fingerprint density at radius 3 is 1.58 bits per heavy atom. The van der Waals surface area contributed by atoms with Crippen LogP contribution in [-0.4, -0.2) is 55.7 Å². The second-order valence-electron chi connectivity index (χ2n) is 6.07. The third-order valence-corrected chi connectivity index (χ3v) is 18.6. The van der Waals surface area contributed by atoms with Crippen molar-refractivity contribution in [1.29, 1.82) is 0 Å². The summed E-state index contributed by atoms with van der Waals surface area (Å²) >= 11 is 4.43. The molecule has 0 bridgehead atoms. The van der Waals surface area contributed by atoms with E-state index < -0.39 is 4.64 Å². The zero-order valence-corrected chi connectivity index (χ0v) is 19.1. The maximum absolute atomic E-state index is 3.75. The molecule has 1 radical (unpaired) electrons. The molecule has 4 heteroatoms. The fourth-order valence-corrected chi connectivity index (χ4v) is 16.5. The normalized spacial score (nSPS) is 11.8. The first kappa shape index (κ1) is 20.2. The van der Waals surface area contributed by atoms with Crippen LogP contribution < -0.4 is 3.92 Å². The minimum absolute atomic E-state index is 0.681. The Morgan fingerprint density at radius 1 is 0.792 bits per heavy atom. The fraction of sp³-hybridized carbons (Fsp3) is 0.400. The van der Waals surface area contributed by atoms with E-state index in [1.165, 1.54) is 49.4 Å². The quantitative estimate of drug-likeness (QED) is 0.401. The van der Waals surface area contributed by atoms with Crippen molar-refractivity contribution in [2.24, 2.45) is 0 Å². The van der Waals surface area contributed by atoms with Crippen LogP contribution in [0.25, 0.3) is 0 Å². The maximum atomic E-state index is 3.75. The first-order chi connectivity index (χ1) is 11.6. The zero-order valence-electron chi connectivity index (χ0n) is 14.8. The van der Waals surface area contributed by atoms with Crippen LogP contribution in [0.4, 0.5) is 0 Å².